The van der Waals surface area contributed by atoms with Crippen LogP contribution < -0.4 is 11.3 Å². The highest BCUT2D eigenvalue weighted by molar-refractivity contribution is 5.02. The molecule has 2 rings (SSSR count). The number of hydrogen-bond acceptors (Lipinski definition) is 3. The van der Waals surface area contributed by atoms with Gasteiger partial charge in [0, 0.05) is 11.6 Å². The first-order valence-corrected chi connectivity index (χ1v) is 8.34. The number of hydrazine groups is 1. The van der Waals surface area contributed by atoms with Gasteiger partial charge in [-0.3, -0.25) is 11.3 Å². The molecule has 0 bridgehead atoms. The zero-order valence-electron chi connectivity index (χ0n) is 13.0. The highest BCUT2D eigenvalue weighted by Gasteiger charge is 2.44. The molecule has 0 aliphatic heterocycles. The van der Waals surface area contributed by atoms with E-state index in [1.165, 1.54) is 70.6 Å². The summed E-state index contributed by atoms with van der Waals surface area (Å²) in [6.45, 7) is 0. The molecule has 2 fully saturated rings. The van der Waals surface area contributed by atoms with Crippen LogP contribution in [0.3, 0.4) is 0 Å². The SMILES string of the molecule is CN(C)C1(C(NN)C2CCCCC2)CCCCCC1. The van der Waals surface area contributed by atoms with Crippen molar-refractivity contribution in [2.45, 2.75) is 82.2 Å². The van der Waals surface area contributed by atoms with Gasteiger partial charge in [0.15, 0.2) is 0 Å². The van der Waals surface area contributed by atoms with Gasteiger partial charge in [-0.15, -0.1) is 0 Å². The summed E-state index contributed by atoms with van der Waals surface area (Å²) in [5.41, 5.74) is 3.53. The Kier molecular flexibility index (Phi) is 5.67. The highest BCUT2D eigenvalue weighted by Crippen LogP contribution is 2.40. The topological polar surface area (TPSA) is 41.3 Å². The van der Waals surface area contributed by atoms with Gasteiger partial charge in [0.2, 0.25) is 0 Å². The lowest BCUT2D eigenvalue weighted by molar-refractivity contribution is 0.0421. The molecule has 3 nitrogen and oxygen atoms in total. The van der Waals surface area contributed by atoms with E-state index in [1.54, 1.807) is 0 Å². The molecule has 2 saturated carbocycles. The van der Waals surface area contributed by atoms with Crippen LogP contribution in [-0.2, 0) is 0 Å². The van der Waals surface area contributed by atoms with E-state index in [4.69, 9.17) is 5.84 Å². The van der Waals surface area contributed by atoms with Crippen LogP contribution in [0.15, 0.2) is 0 Å². The van der Waals surface area contributed by atoms with Crippen molar-refractivity contribution in [3.63, 3.8) is 0 Å². The maximum atomic E-state index is 6.03. The van der Waals surface area contributed by atoms with E-state index in [0.29, 0.717) is 6.04 Å². The number of nitrogens with two attached hydrogens (primary N) is 1. The van der Waals surface area contributed by atoms with Crippen LogP contribution in [0.2, 0.25) is 0 Å². The van der Waals surface area contributed by atoms with Crippen molar-refractivity contribution in [3.8, 4) is 0 Å². The minimum Gasteiger partial charge on any atom is -0.302 e. The predicted octanol–water partition coefficient (Wildman–Crippen LogP) is 3.05. The lowest BCUT2D eigenvalue weighted by Crippen LogP contribution is -2.63. The number of nitrogens with one attached hydrogen (secondary N) is 1. The molecule has 0 heterocycles. The molecule has 0 saturated heterocycles. The molecule has 0 amide bonds. The van der Waals surface area contributed by atoms with Crippen molar-refractivity contribution in [1.29, 1.82) is 0 Å². The highest BCUT2D eigenvalue weighted by atomic mass is 15.3. The maximum Gasteiger partial charge on any atom is 0.0422 e. The van der Waals surface area contributed by atoms with Gasteiger partial charge in [-0.25, -0.2) is 0 Å². The Bertz CT molecular complexity index is 251. The fourth-order valence-electron chi connectivity index (χ4n) is 4.57. The van der Waals surface area contributed by atoms with Crippen molar-refractivity contribution in [2.24, 2.45) is 11.8 Å². The Hall–Kier alpha value is -0.120. The third-order valence-electron chi connectivity index (χ3n) is 5.74. The second kappa shape index (κ2) is 7.05. The largest absolute Gasteiger partial charge is 0.302 e. The standard InChI is InChI=1S/C16H33N3/c1-19(2)16(12-8-3-4-9-13-16)15(18-17)14-10-6-5-7-11-14/h14-15,18H,3-13,17H2,1-2H3. The van der Waals surface area contributed by atoms with Crippen LogP contribution in [0.5, 0.6) is 0 Å². The average Bonchev–Trinajstić information content (AvgIpc) is 2.68. The average molecular weight is 267 g/mol. The number of nitrogens with zero attached hydrogens (tertiary/aromatic N) is 1. The summed E-state index contributed by atoms with van der Waals surface area (Å²) in [6, 6.07) is 0.473. The van der Waals surface area contributed by atoms with E-state index in [2.05, 4.69) is 24.4 Å². The molecule has 112 valence electrons. The summed E-state index contributed by atoms with van der Waals surface area (Å²) in [5, 5.41) is 0. The van der Waals surface area contributed by atoms with E-state index >= 15 is 0 Å². The van der Waals surface area contributed by atoms with Crippen molar-refractivity contribution >= 4 is 0 Å². The summed E-state index contributed by atoms with van der Waals surface area (Å²) >= 11 is 0. The second-order valence-electron chi connectivity index (χ2n) is 6.95. The van der Waals surface area contributed by atoms with Crippen LogP contribution >= 0.6 is 0 Å². The van der Waals surface area contributed by atoms with E-state index in [9.17, 15) is 0 Å². The van der Waals surface area contributed by atoms with E-state index in [1.807, 2.05) is 0 Å². The molecule has 0 spiro atoms. The lowest BCUT2D eigenvalue weighted by atomic mass is 9.71. The number of rotatable bonds is 4. The molecule has 19 heavy (non-hydrogen) atoms. The van der Waals surface area contributed by atoms with Crippen LogP contribution in [0.25, 0.3) is 0 Å². The Labute approximate surface area is 119 Å². The summed E-state index contributed by atoms with van der Waals surface area (Å²) in [4.78, 5) is 2.48. The van der Waals surface area contributed by atoms with Gasteiger partial charge in [0.05, 0.1) is 0 Å². The summed E-state index contributed by atoms with van der Waals surface area (Å²) < 4.78 is 0. The Morgan fingerprint density at radius 3 is 1.95 bits per heavy atom. The third-order valence-corrected chi connectivity index (χ3v) is 5.74. The molecular weight excluding hydrogens is 234 g/mol. The predicted molar refractivity (Wildman–Crippen MR) is 81.8 cm³/mol. The second-order valence-corrected chi connectivity index (χ2v) is 6.95. The number of hydrogen-bond donors (Lipinski definition) is 2. The molecule has 0 aromatic carbocycles. The molecule has 3 heteroatoms. The van der Waals surface area contributed by atoms with Crippen molar-refractivity contribution in [1.82, 2.24) is 10.3 Å². The Morgan fingerprint density at radius 1 is 0.947 bits per heavy atom. The van der Waals surface area contributed by atoms with E-state index < -0.39 is 0 Å². The molecule has 1 atom stereocenters. The third kappa shape index (κ3) is 3.32. The molecule has 2 aliphatic carbocycles. The molecule has 2 aliphatic rings. The quantitative estimate of drug-likeness (QED) is 0.467. The van der Waals surface area contributed by atoms with Crippen LogP contribution in [0, 0.1) is 5.92 Å². The Balaban J connectivity index is 2.18. The smallest absolute Gasteiger partial charge is 0.0422 e. The maximum absolute atomic E-state index is 6.03. The minimum atomic E-state index is 0.285. The van der Waals surface area contributed by atoms with Crippen molar-refractivity contribution in [2.75, 3.05) is 14.1 Å². The molecule has 0 radical (unpaired) electrons. The van der Waals surface area contributed by atoms with Gasteiger partial charge >= 0.3 is 0 Å². The van der Waals surface area contributed by atoms with Crippen molar-refractivity contribution in [3.05, 3.63) is 0 Å². The van der Waals surface area contributed by atoms with Crippen LogP contribution in [-0.4, -0.2) is 30.6 Å². The molecule has 0 aromatic heterocycles. The monoisotopic (exact) mass is 267 g/mol. The summed E-state index contributed by atoms with van der Waals surface area (Å²) in [5.74, 6) is 6.81. The fraction of sp³-hybridized carbons (Fsp3) is 1.00. The van der Waals surface area contributed by atoms with Crippen LogP contribution in [0.4, 0.5) is 0 Å². The van der Waals surface area contributed by atoms with E-state index in [-0.39, 0.29) is 5.54 Å². The first kappa shape index (κ1) is 15.3. The van der Waals surface area contributed by atoms with Crippen molar-refractivity contribution < 1.29 is 0 Å². The zero-order chi connectivity index (χ0) is 13.7. The lowest BCUT2D eigenvalue weighted by Gasteiger charge is -2.49. The van der Waals surface area contributed by atoms with Crippen LogP contribution in [0.1, 0.15) is 70.6 Å². The molecular formula is C16H33N3. The van der Waals surface area contributed by atoms with Gasteiger partial charge in [-0.1, -0.05) is 44.9 Å². The van der Waals surface area contributed by atoms with E-state index in [0.717, 1.165) is 5.92 Å². The molecule has 3 N–H and O–H groups in total. The van der Waals surface area contributed by atoms with Gasteiger partial charge < -0.3 is 4.90 Å². The molecule has 1 unspecified atom stereocenters. The van der Waals surface area contributed by atoms with Gasteiger partial charge in [-0.05, 0) is 45.7 Å². The zero-order valence-corrected chi connectivity index (χ0v) is 13.0. The Morgan fingerprint density at radius 2 is 1.47 bits per heavy atom. The number of likely N-dealkylation sites (N-methyl/N-ethyl adjacent to an activating group) is 1. The van der Waals surface area contributed by atoms with Gasteiger partial charge in [0.25, 0.3) is 0 Å². The minimum absolute atomic E-state index is 0.285. The van der Waals surface area contributed by atoms with Gasteiger partial charge in [-0.2, -0.15) is 0 Å². The van der Waals surface area contributed by atoms with Gasteiger partial charge in [0.1, 0.15) is 0 Å². The first-order chi connectivity index (χ1) is 9.20. The summed E-state index contributed by atoms with van der Waals surface area (Å²) in [7, 11) is 4.52. The molecule has 0 aromatic rings. The fourth-order valence-corrected chi connectivity index (χ4v) is 4.57. The summed E-state index contributed by atoms with van der Waals surface area (Å²) in [6.07, 6.45) is 15.1. The first-order valence-electron chi connectivity index (χ1n) is 8.34. The normalized spacial score (nSPS) is 27.2.